The molecule has 1 aliphatic heterocycles. The molecule has 1 heterocycles. The van der Waals surface area contributed by atoms with Crippen molar-refractivity contribution in [2.45, 2.75) is 61.6 Å². The SMILES string of the molecule is C=S(=O)(c1ccc(C)cc1)C1CCSC1.CNC1CCCCC1. The lowest BCUT2D eigenvalue weighted by atomic mass is 9.96. The van der Waals surface area contributed by atoms with E-state index in [0.29, 0.717) is 0 Å². The number of nitrogens with one attached hydrogen (secondary N) is 1. The summed E-state index contributed by atoms with van der Waals surface area (Å²) in [6.45, 7) is 2.04. The summed E-state index contributed by atoms with van der Waals surface area (Å²) in [4.78, 5) is 0.917. The van der Waals surface area contributed by atoms with Crippen LogP contribution in [0.25, 0.3) is 0 Å². The van der Waals surface area contributed by atoms with E-state index in [4.69, 9.17) is 0 Å². The molecule has 2 nitrogen and oxygen atoms in total. The largest absolute Gasteiger partial charge is 0.317 e. The lowest BCUT2D eigenvalue weighted by Crippen LogP contribution is -2.26. The Bertz CT molecular complexity index is 554. The zero-order valence-corrected chi connectivity index (χ0v) is 16.2. The van der Waals surface area contributed by atoms with Crippen LogP contribution in [0.4, 0.5) is 0 Å². The fourth-order valence-electron chi connectivity index (χ4n) is 3.17. The molecule has 1 aromatic rings. The minimum absolute atomic E-state index is 0.269. The van der Waals surface area contributed by atoms with Gasteiger partial charge in [0.15, 0.2) is 0 Å². The zero-order chi connectivity index (χ0) is 16.7. The van der Waals surface area contributed by atoms with Crippen LogP contribution in [0.5, 0.6) is 0 Å². The van der Waals surface area contributed by atoms with Crippen molar-refractivity contribution in [2.75, 3.05) is 18.6 Å². The molecule has 1 aliphatic carbocycles. The molecule has 0 spiro atoms. The maximum Gasteiger partial charge on any atom is 0.0413 e. The number of benzene rings is 1. The molecule has 0 amide bonds. The Morgan fingerprint density at radius 2 is 1.78 bits per heavy atom. The Kier molecular flexibility index (Phi) is 7.51. The van der Waals surface area contributed by atoms with Crippen LogP contribution in [-0.2, 0) is 9.52 Å². The van der Waals surface area contributed by atoms with Crippen LogP contribution in [-0.4, -0.2) is 39.9 Å². The molecule has 23 heavy (non-hydrogen) atoms. The molecule has 2 fully saturated rings. The molecule has 1 saturated heterocycles. The Morgan fingerprint density at radius 3 is 2.26 bits per heavy atom. The summed E-state index contributed by atoms with van der Waals surface area (Å²) in [5.41, 5.74) is 1.20. The van der Waals surface area contributed by atoms with Gasteiger partial charge in [0.25, 0.3) is 0 Å². The average molecular weight is 354 g/mol. The molecule has 3 rings (SSSR count). The molecule has 1 saturated carbocycles. The topological polar surface area (TPSA) is 29.1 Å². The first-order chi connectivity index (χ1) is 11.0. The van der Waals surface area contributed by atoms with Crippen LogP contribution < -0.4 is 5.32 Å². The summed E-state index contributed by atoms with van der Waals surface area (Å²) in [6, 6.07) is 8.80. The molecule has 1 aromatic carbocycles. The number of hydrogen-bond acceptors (Lipinski definition) is 3. The highest BCUT2D eigenvalue weighted by Gasteiger charge is 2.25. The van der Waals surface area contributed by atoms with Crippen LogP contribution in [0.3, 0.4) is 0 Å². The quantitative estimate of drug-likeness (QED) is 0.829. The molecule has 0 radical (unpaired) electrons. The maximum absolute atomic E-state index is 12.6. The molecular weight excluding hydrogens is 322 g/mol. The number of hydrogen-bond donors (Lipinski definition) is 1. The van der Waals surface area contributed by atoms with E-state index in [9.17, 15) is 4.21 Å². The van der Waals surface area contributed by atoms with E-state index in [1.807, 2.05) is 43.0 Å². The highest BCUT2D eigenvalue weighted by atomic mass is 32.2. The van der Waals surface area contributed by atoms with Crippen molar-refractivity contribution < 1.29 is 4.21 Å². The lowest BCUT2D eigenvalue weighted by Gasteiger charge is -2.20. The van der Waals surface area contributed by atoms with Gasteiger partial charge in [0.1, 0.15) is 0 Å². The predicted molar refractivity (Wildman–Crippen MR) is 106 cm³/mol. The van der Waals surface area contributed by atoms with Gasteiger partial charge in [-0.25, -0.2) is 0 Å². The van der Waals surface area contributed by atoms with Gasteiger partial charge in [0, 0.05) is 21.9 Å². The molecule has 4 heteroatoms. The summed E-state index contributed by atoms with van der Waals surface area (Å²) >= 11 is 1.89. The third kappa shape index (κ3) is 5.54. The summed E-state index contributed by atoms with van der Waals surface area (Å²) in [5, 5.41) is 3.57. The first-order valence-electron chi connectivity index (χ1n) is 8.72. The van der Waals surface area contributed by atoms with Gasteiger partial charge in [0.05, 0.1) is 0 Å². The molecule has 130 valence electrons. The Labute approximate surface area is 146 Å². The van der Waals surface area contributed by atoms with Crippen LogP contribution in [0.2, 0.25) is 0 Å². The van der Waals surface area contributed by atoms with Crippen molar-refractivity contribution in [3.63, 3.8) is 0 Å². The number of rotatable bonds is 3. The summed E-state index contributed by atoms with van der Waals surface area (Å²) in [5.74, 6) is 6.09. The van der Waals surface area contributed by atoms with Crippen molar-refractivity contribution in [1.29, 1.82) is 0 Å². The highest BCUT2D eigenvalue weighted by Crippen LogP contribution is 2.28. The van der Waals surface area contributed by atoms with Gasteiger partial charge < -0.3 is 5.32 Å². The number of thioether (sulfide) groups is 1. The highest BCUT2D eigenvalue weighted by molar-refractivity contribution is 8.04. The minimum atomic E-state index is -2.08. The smallest absolute Gasteiger partial charge is 0.0413 e. The van der Waals surface area contributed by atoms with E-state index in [0.717, 1.165) is 28.9 Å². The second kappa shape index (κ2) is 9.14. The first kappa shape index (κ1) is 18.9. The van der Waals surface area contributed by atoms with Gasteiger partial charge in [-0.05, 0) is 66.5 Å². The predicted octanol–water partition coefficient (Wildman–Crippen LogP) is 4.11. The van der Waals surface area contributed by atoms with E-state index in [-0.39, 0.29) is 5.25 Å². The Hall–Kier alpha value is -0.450. The third-order valence-electron chi connectivity index (χ3n) is 4.86. The lowest BCUT2D eigenvalue weighted by molar-refractivity contribution is 0.394. The van der Waals surface area contributed by atoms with Gasteiger partial charge in [0.2, 0.25) is 0 Å². The van der Waals surface area contributed by atoms with Crippen LogP contribution >= 0.6 is 11.8 Å². The maximum atomic E-state index is 12.6. The van der Waals surface area contributed by atoms with Crippen molar-refractivity contribution >= 4 is 27.2 Å². The van der Waals surface area contributed by atoms with Gasteiger partial charge in [-0.1, -0.05) is 37.0 Å². The molecule has 2 unspecified atom stereocenters. The fraction of sp³-hybridized carbons (Fsp3) is 0.632. The van der Waals surface area contributed by atoms with E-state index in [1.165, 1.54) is 37.7 Å². The molecule has 0 bridgehead atoms. The van der Waals surface area contributed by atoms with E-state index < -0.39 is 9.52 Å². The first-order valence-corrected chi connectivity index (χ1v) is 11.7. The third-order valence-corrected chi connectivity index (χ3v) is 8.78. The van der Waals surface area contributed by atoms with Gasteiger partial charge in [-0.3, -0.25) is 4.21 Å². The second-order valence-electron chi connectivity index (χ2n) is 6.65. The van der Waals surface area contributed by atoms with Gasteiger partial charge in [-0.15, -0.1) is 0 Å². The van der Waals surface area contributed by atoms with Crippen LogP contribution in [0.15, 0.2) is 29.2 Å². The fourth-order valence-corrected chi connectivity index (χ4v) is 7.01. The van der Waals surface area contributed by atoms with Crippen molar-refractivity contribution in [2.24, 2.45) is 0 Å². The Balaban J connectivity index is 0.000000203. The Morgan fingerprint density at radius 1 is 1.13 bits per heavy atom. The standard InChI is InChI=1S/C12H16OS2.C7H15N/c1-10-3-5-11(6-4-10)15(2,13)12-7-8-14-9-12;1-8-7-5-3-2-4-6-7/h3-6,12H,2,7-9H2,1H3;7-8H,2-6H2,1H3. The monoisotopic (exact) mass is 353 g/mol. The summed E-state index contributed by atoms with van der Waals surface area (Å²) in [7, 11) is -0.0108. The van der Waals surface area contributed by atoms with E-state index in [1.54, 1.807) is 0 Å². The van der Waals surface area contributed by atoms with Crippen molar-refractivity contribution in [3.05, 3.63) is 29.8 Å². The van der Waals surface area contributed by atoms with Crippen LogP contribution in [0, 0.1) is 6.92 Å². The average Bonchev–Trinajstić information content (AvgIpc) is 3.12. The van der Waals surface area contributed by atoms with Gasteiger partial charge >= 0.3 is 0 Å². The minimum Gasteiger partial charge on any atom is -0.317 e. The normalized spacial score (nSPS) is 24.5. The van der Waals surface area contributed by atoms with Crippen LogP contribution in [0.1, 0.15) is 44.1 Å². The second-order valence-corrected chi connectivity index (χ2v) is 10.4. The summed E-state index contributed by atoms with van der Waals surface area (Å²) < 4.78 is 12.6. The summed E-state index contributed by atoms with van der Waals surface area (Å²) in [6.07, 6.45) is 8.17. The van der Waals surface area contributed by atoms with E-state index >= 15 is 0 Å². The molecule has 2 aliphatic rings. The molecule has 1 N–H and O–H groups in total. The van der Waals surface area contributed by atoms with E-state index in [2.05, 4.69) is 18.2 Å². The molecular formula is C19H31NOS2. The molecule has 0 aromatic heterocycles. The van der Waals surface area contributed by atoms with Crippen molar-refractivity contribution in [1.82, 2.24) is 5.32 Å². The number of aryl methyl sites for hydroxylation is 1. The van der Waals surface area contributed by atoms with Gasteiger partial charge in [-0.2, -0.15) is 11.8 Å². The van der Waals surface area contributed by atoms with Crippen molar-refractivity contribution in [3.8, 4) is 0 Å². The molecule has 2 atom stereocenters. The zero-order valence-electron chi connectivity index (χ0n) is 14.6.